The molecule has 3 rings (SSSR count). The van der Waals surface area contributed by atoms with Crippen molar-refractivity contribution >= 4 is 11.7 Å². The van der Waals surface area contributed by atoms with Gasteiger partial charge in [0.05, 0.1) is 6.10 Å². The Morgan fingerprint density at radius 2 is 2.00 bits per heavy atom. The fourth-order valence-electron chi connectivity index (χ4n) is 4.04. The first-order chi connectivity index (χ1) is 12.1. The monoisotopic (exact) mass is 345 g/mol. The van der Waals surface area contributed by atoms with Crippen LogP contribution >= 0.6 is 0 Å². The number of anilines is 1. The van der Waals surface area contributed by atoms with E-state index in [1.165, 1.54) is 19.3 Å². The summed E-state index contributed by atoms with van der Waals surface area (Å²) in [5, 5.41) is 0. The summed E-state index contributed by atoms with van der Waals surface area (Å²) in [6.07, 6.45) is 8.91. The molecule has 1 aromatic rings. The molecule has 25 heavy (non-hydrogen) atoms. The van der Waals surface area contributed by atoms with Crippen LogP contribution in [0.1, 0.15) is 45.4 Å². The molecule has 1 aliphatic heterocycles. The number of hydrogen-bond acceptors (Lipinski definition) is 4. The maximum atomic E-state index is 12.5. The van der Waals surface area contributed by atoms with Gasteiger partial charge >= 0.3 is 0 Å². The number of ether oxygens (including phenoxy) is 1. The molecule has 0 radical (unpaired) electrons. The number of piperidine rings is 1. The van der Waals surface area contributed by atoms with Crippen molar-refractivity contribution in [3.05, 3.63) is 24.4 Å². The standard InChI is InChI=1S/C20H31N3O2/c1-16-7-3-4-8-18(16)25-15-20(24)22(2)17-10-13-23(14-11-17)19-9-5-6-12-21-19/h5-6,9,12,16-18H,3-4,7-8,10-11,13-15H2,1-2H3/t16-,18-/m0/s1. The van der Waals surface area contributed by atoms with Crippen LogP contribution in [0.4, 0.5) is 5.82 Å². The molecule has 2 aliphatic rings. The van der Waals surface area contributed by atoms with Crippen LogP contribution in [0.5, 0.6) is 0 Å². The smallest absolute Gasteiger partial charge is 0.248 e. The van der Waals surface area contributed by atoms with E-state index in [2.05, 4.69) is 16.8 Å². The van der Waals surface area contributed by atoms with Crippen molar-refractivity contribution in [3.8, 4) is 0 Å². The van der Waals surface area contributed by atoms with E-state index >= 15 is 0 Å². The second-order valence-corrected chi connectivity index (χ2v) is 7.52. The summed E-state index contributed by atoms with van der Waals surface area (Å²) in [5.41, 5.74) is 0. The molecule has 1 saturated carbocycles. The highest BCUT2D eigenvalue weighted by atomic mass is 16.5. The summed E-state index contributed by atoms with van der Waals surface area (Å²) >= 11 is 0. The first-order valence-corrected chi connectivity index (χ1v) is 9.68. The van der Waals surface area contributed by atoms with Gasteiger partial charge in [-0.15, -0.1) is 0 Å². The van der Waals surface area contributed by atoms with Crippen molar-refractivity contribution < 1.29 is 9.53 Å². The van der Waals surface area contributed by atoms with Crippen molar-refractivity contribution in [1.82, 2.24) is 9.88 Å². The van der Waals surface area contributed by atoms with Crippen LogP contribution in [0.3, 0.4) is 0 Å². The molecule has 0 N–H and O–H groups in total. The van der Waals surface area contributed by atoms with Gasteiger partial charge in [0.2, 0.25) is 5.91 Å². The SMILES string of the molecule is C[C@H]1CCCC[C@@H]1OCC(=O)N(C)C1CCN(c2ccccn2)CC1. The Labute approximate surface area is 151 Å². The van der Waals surface area contributed by atoms with Gasteiger partial charge in [-0.05, 0) is 43.7 Å². The van der Waals surface area contributed by atoms with Crippen molar-refractivity contribution in [2.75, 3.05) is 31.6 Å². The van der Waals surface area contributed by atoms with Crippen LogP contribution in [0.25, 0.3) is 0 Å². The quantitative estimate of drug-likeness (QED) is 0.823. The molecule has 2 atom stereocenters. The van der Waals surface area contributed by atoms with Gasteiger partial charge in [-0.1, -0.05) is 25.8 Å². The lowest BCUT2D eigenvalue weighted by Gasteiger charge is -2.37. The van der Waals surface area contributed by atoms with Crippen LogP contribution in [-0.4, -0.2) is 54.7 Å². The zero-order chi connectivity index (χ0) is 17.6. The van der Waals surface area contributed by atoms with E-state index in [1.807, 2.05) is 36.3 Å². The number of aromatic nitrogens is 1. The van der Waals surface area contributed by atoms with Crippen LogP contribution in [0, 0.1) is 5.92 Å². The molecule has 0 unspecified atom stereocenters. The fourth-order valence-corrected chi connectivity index (χ4v) is 4.04. The molecular weight excluding hydrogens is 314 g/mol. The maximum absolute atomic E-state index is 12.5. The van der Waals surface area contributed by atoms with Crippen molar-refractivity contribution in [2.24, 2.45) is 5.92 Å². The van der Waals surface area contributed by atoms with Gasteiger partial charge < -0.3 is 14.5 Å². The Balaban J connectivity index is 1.43. The summed E-state index contributed by atoms with van der Waals surface area (Å²) in [4.78, 5) is 21.1. The molecule has 1 aliphatic carbocycles. The van der Waals surface area contributed by atoms with E-state index in [1.54, 1.807) is 0 Å². The van der Waals surface area contributed by atoms with E-state index in [0.29, 0.717) is 12.0 Å². The molecule has 5 nitrogen and oxygen atoms in total. The molecule has 0 bridgehead atoms. The molecule has 1 amide bonds. The molecule has 0 spiro atoms. The Morgan fingerprint density at radius 3 is 2.68 bits per heavy atom. The van der Waals surface area contributed by atoms with Crippen molar-refractivity contribution in [1.29, 1.82) is 0 Å². The molecule has 1 saturated heterocycles. The highest BCUT2D eigenvalue weighted by Crippen LogP contribution is 2.26. The summed E-state index contributed by atoms with van der Waals surface area (Å²) in [6.45, 7) is 4.36. The minimum atomic E-state index is 0.119. The van der Waals surface area contributed by atoms with Gasteiger partial charge in [-0.3, -0.25) is 4.79 Å². The maximum Gasteiger partial charge on any atom is 0.248 e. The number of carbonyl (C=O) groups is 1. The molecule has 2 heterocycles. The molecule has 2 fully saturated rings. The van der Waals surface area contributed by atoms with Crippen LogP contribution < -0.4 is 4.90 Å². The van der Waals surface area contributed by atoms with Crippen molar-refractivity contribution in [3.63, 3.8) is 0 Å². The molecule has 1 aromatic heterocycles. The number of likely N-dealkylation sites (N-methyl/N-ethyl adjacent to an activating group) is 1. The minimum Gasteiger partial charge on any atom is -0.368 e. The fraction of sp³-hybridized carbons (Fsp3) is 0.700. The number of nitrogens with zero attached hydrogens (tertiary/aromatic N) is 3. The van der Waals surface area contributed by atoms with Crippen LogP contribution in [0.15, 0.2) is 24.4 Å². The number of hydrogen-bond donors (Lipinski definition) is 0. The normalized spacial score (nSPS) is 25.0. The van der Waals surface area contributed by atoms with E-state index in [-0.39, 0.29) is 18.6 Å². The van der Waals surface area contributed by atoms with Crippen molar-refractivity contribution in [2.45, 2.75) is 57.6 Å². The number of rotatable bonds is 5. The molecule has 138 valence electrons. The summed E-state index contributed by atoms with van der Waals surface area (Å²) < 4.78 is 5.95. The van der Waals surface area contributed by atoms with Crippen LogP contribution in [0.2, 0.25) is 0 Å². The third-order valence-electron chi connectivity index (χ3n) is 5.83. The predicted octanol–water partition coefficient (Wildman–Crippen LogP) is 3.10. The number of carbonyl (C=O) groups excluding carboxylic acids is 1. The van der Waals surface area contributed by atoms with Gasteiger partial charge in [-0.25, -0.2) is 4.98 Å². The number of pyridine rings is 1. The highest BCUT2D eigenvalue weighted by Gasteiger charge is 2.27. The molecular formula is C20H31N3O2. The van der Waals surface area contributed by atoms with E-state index in [4.69, 9.17) is 4.74 Å². The zero-order valence-electron chi connectivity index (χ0n) is 15.6. The number of amides is 1. The molecule has 0 aromatic carbocycles. The van der Waals surface area contributed by atoms with Gasteiger partial charge in [0, 0.05) is 32.4 Å². The van der Waals surface area contributed by atoms with Crippen LogP contribution in [-0.2, 0) is 9.53 Å². The predicted molar refractivity (Wildman–Crippen MR) is 99.6 cm³/mol. The van der Waals surface area contributed by atoms with Gasteiger partial charge in [-0.2, -0.15) is 0 Å². The van der Waals surface area contributed by atoms with E-state index in [0.717, 1.165) is 38.2 Å². The van der Waals surface area contributed by atoms with Gasteiger partial charge in [0.1, 0.15) is 12.4 Å². The van der Waals surface area contributed by atoms with Gasteiger partial charge in [0.15, 0.2) is 0 Å². The van der Waals surface area contributed by atoms with E-state index in [9.17, 15) is 4.79 Å². The lowest BCUT2D eigenvalue weighted by Crippen LogP contribution is -2.47. The lowest BCUT2D eigenvalue weighted by molar-refractivity contribution is -0.141. The Kier molecular flexibility index (Phi) is 6.29. The highest BCUT2D eigenvalue weighted by molar-refractivity contribution is 5.77. The first-order valence-electron chi connectivity index (χ1n) is 9.68. The summed E-state index contributed by atoms with van der Waals surface area (Å²) in [7, 11) is 1.93. The lowest BCUT2D eigenvalue weighted by atomic mass is 9.88. The topological polar surface area (TPSA) is 45.7 Å². The Hall–Kier alpha value is -1.62. The zero-order valence-corrected chi connectivity index (χ0v) is 15.6. The minimum absolute atomic E-state index is 0.119. The summed E-state index contributed by atoms with van der Waals surface area (Å²) in [6, 6.07) is 6.32. The molecule has 5 heteroatoms. The average Bonchev–Trinajstić information content (AvgIpc) is 2.67. The largest absolute Gasteiger partial charge is 0.368 e. The second kappa shape index (κ2) is 8.65. The van der Waals surface area contributed by atoms with Gasteiger partial charge in [0.25, 0.3) is 0 Å². The van der Waals surface area contributed by atoms with E-state index < -0.39 is 0 Å². The Bertz CT molecular complexity index is 543. The summed E-state index contributed by atoms with van der Waals surface area (Å²) in [5.74, 6) is 1.73. The third kappa shape index (κ3) is 4.72. The second-order valence-electron chi connectivity index (χ2n) is 7.52. The third-order valence-corrected chi connectivity index (χ3v) is 5.83. The first kappa shape index (κ1) is 18.2. The Morgan fingerprint density at radius 1 is 1.24 bits per heavy atom. The average molecular weight is 345 g/mol.